The number of allylic oxidation sites excluding steroid dienone is 1. The molecule has 5 aromatic rings. The Hall–Kier alpha value is -3.37. The van der Waals surface area contributed by atoms with E-state index >= 15 is 0 Å². The number of nitrogens with zero attached hydrogens (tertiary/aromatic N) is 2. The molecule has 0 atom stereocenters. The van der Waals surface area contributed by atoms with Crippen LogP contribution in [0.15, 0.2) is 97.1 Å². The number of para-hydroxylation sites is 1. The summed E-state index contributed by atoms with van der Waals surface area (Å²) in [6, 6.07) is 28.3. The van der Waals surface area contributed by atoms with Crippen LogP contribution >= 0.6 is 34.8 Å². The summed E-state index contributed by atoms with van der Waals surface area (Å²) in [4.78, 5) is 17.8. The lowest BCUT2D eigenvalue weighted by Gasteiger charge is -2.09. The minimum absolute atomic E-state index is 0.129. The van der Waals surface area contributed by atoms with Crippen molar-refractivity contribution in [2.75, 3.05) is 0 Å². The molecule has 0 radical (unpaired) electrons. The maximum absolute atomic E-state index is 12.9. The van der Waals surface area contributed by atoms with E-state index in [1.54, 1.807) is 24.3 Å². The first-order chi connectivity index (χ1) is 16.5. The van der Waals surface area contributed by atoms with Gasteiger partial charge in [-0.3, -0.25) is 9.36 Å². The number of hydrogen-bond donors (Lipinski definition) is 0. The van der Waals surface area contributed by atoms with Crippen LogP contribution in [0.2, 0.25) is 15.1 Å². The first-order valence-corrected chi connectivity index (χ1v) is 11.6. The second kappa shape index (κ2) is 9.47. The van der Waals surface area contributed by atoms with Crippen LogP contribution in [0.4, 0.5) is 0 Å². The number of halogens is 3. The van der Waals surface area contributed by atoms with Crippen LogP contribution < -0.4 is 0 Å². The molecule has 0 bridgehead atoms. The summed E-state index contributed by atoms with van der Waals surface area (Å²) in [5.74, 6) is 0.643. The van der Waals surface area contributed by atoms with Crippen LogP contribution in [-0.2, 0) is 0 Å². The van der Waals surface area contributed by atoms with E-state index in [9.17, 15) is 4.79 Å². The second-order valence-electron chi connectivity index (χ2n) is 7.69. The van der Waals surface area contributed by atoms with Gasteiger partial charge in [0.05, 0.1) is 21.1 Å². The minimum atomic E-state index is -0.129. The van der Waals surface area contributed by atoms with Gasteiger partial charge in [-0.2, -0.15) is 0 Å². The summed E-state index contributed by atoms with van der Waals surface area (Å²) in [6.07, 6.45) is 3.24. The Morgan fingerprint density at radius 2 is 1.56 bits per heavy atom. The summed E-state index contributed by atoms with van der Waals surface area (Å²) in [5, 5.41) is 1.58. The zero-order valence-electron chi connectivity index (χ0n) is 17.8. The van der Waals surface area contributed by atoms with Crippen molar-refractivity contribution in [3.05, 3.63) is 123 Å². The molecule has 6 heteroatoms. The average Bonchev–Trinajstić information content (AvgIpc) is 3.24. The van der Waals surface area contributed by atoms with Gasteiger partial charge in [-0.1, -0.05) is 65.1 Å². The first-order valence-electron chi connectivity index (χ1n) is 10.5. The number of aromatic nitrogens is 2. The fourth-order valence-corrected chi connectivity index (χ4v) is 4.18. The van der Waals surface area contributed by atoms with Gasteiger partial charge in [0.25, 0.3) is 0 Å². The number of carbonyl (C=O) groups is 1. The molecule has 0 N–H and O–H groups in total. The molecule has 0 saturated carbocycles. The Bertz CT molecular complexity index is 1540. The highest BCUT2D eigenvalue weighted by Gasteiger charge is 2.16. The van der Waals surface area contributed by atoms with Gasteiger partial charge in [-0.05, 0) is 78.4 Å². The Balaban J connectivity index is 1.56. The Kier molecular flexibility index (Phi) is 6.25. The molecule has 166 valence electrons. The smallest absolute Gasteiger partial charge is 0.185 e. The van der Waals surface area contributed by atoms with Crippen molar-refractivity contribution < 1.29 is 4.79 Å². The van der Waals surface area contributed by atoms with Crippen LogP contribution in [0.1, 0.15) is 15.9 Å². The molecule has 0 aliphatic carbocycles. The van der Waals surface area contributed by atoms with E-state index in [-0.39, 0.29) is 5.78 Å². The largest absolute Gasteiger partial charge is 0.292 e. The predicted octanol–water partition coefficient (Wildman–Crippen LogP) is 8.55. The van der Waals surface area contributed by atoms with Crippen LogP contribution in [-0.4, -0.2) is 15.3 Å². The maximum atomic E-state index is 12.9. The molecular formula is C28H17Cl3N2O. The van der Waals surface area contributed by atoms with Gasteiger partial charge < -0.3 is 0 Å². The third-order valence-electron chi connectivity index (χ3n) is 5.43. The standard InChI is InChI=1S/C28H17Cl3N2O/c29-21-11-8-19(9-12-21)28-32-25-17-20(10-14-26(25)33(28)22-4-2-1-3-5-22)27(34)15-7-18-6-13-23(30)24(31)16-18/h1-17H/b15-7+. The van der Waals surface area contributed by atoms with Gasteiger partial charge in [0.1, 0.15) is 5.82 Å². The van der Waals surface area contributed by atoms with Crippen molar-refractivity contribution in [3.63, 3.8) is 0 Å². The van der Waals surface area contributed by atoms with Gasteiger partial charge in [0.15, 0.2) is 5.78 Å². The van der Waals surface area contributed by atoms with Crippen molar-refractivity contribution in [2.24, 2.45) is 0 Å². The van der Waals surface area contributed by atoms with E-state index < -0.39 is 0 Å². The molecular weight excluding hydrogens is 487 g/mol. The molecule has 4 aromatic carbocycles. The SMILES string of the molecule is O=C(/C=C/c1ccc(Cl)c(Cl)c1)c1ccc2c(c1)nc(-c1ccc(Cl)cc1)n2-c1ccccc1. The lowest BCUT2D eigenvalue weighted by molar-refractivity contribution is 0.104. The van der Waals surface area contributed by atoms with Crippen molar-refractivity contribution in [3.8, 4) is 17.1 Å². The monoisotopic (exact) mass is 502 g/mol. The molecule has 1 aromatic heterocycles. The van der Waals surface area contributed by atoms with Crippen LogP contribution in [0.3, 0.4) is 0 Å². The first kappa shape index (κ1) is 22.4. The molecule has 0 aliphatic heterocycles. The average molecular weight is 504 g/mol. The lowest BCUT2D eigenvalue weighted by atomic mass is 10.1. The predicted molar refractivity (Wildman–Crippen MR) is 141 cm³/mol. The van der Waals surface area contributed by atoms with E-state index in [0.29, 0.717) is 20.6 Å². The second-order valence-corrected chi connectivity index (χ2v) is 8.94. The van der Waals surface area contributed by atoms with Gasteiger partial charge in [-0.15, -0.1) is 0 Å². The van der Waals surface area contributed by atoms with Gasteiger partial charge >= 0.3 is 0 Å². The van der Waals surface area contributed by atoms with Crippen molar-refractivity contribution in [2.45, 2.75) is 0 Å². The van der Waals surface area contributed by atoms with Crippen molar-refractivity contribution in [1.29, 1.82) is 0 Å². The molecule has 5 rings (SSSR count). The van der Waals surface area contributed by atoms with Gasteiger partial charge in [0, 0.05) is 21.8 Å². The van der Waals surface area contributed by atoms with Crippen molar-refractivity contribution >= 4 is 57.7 Å². The highest BCUT2D eigenvalue weighted by Crippen LogP contribution is 2.30. The molecule has 0 saturated heterocycles. The topological polar surface area (TPSA) is 34.9 Å². The Morgan fingerprint density at radius 1 is 0.794 bits per heavy atom. The van der Waals surface area contributed by atoms with Gasteiger partial charge in [0.2, 0.25) is 0 Å². The summed E-state index contributed by atoms with van der Waals surface area (Å²) in [5.41, 5.74) is 4.88. The van der Waals surface area contributed by atoms with Crippen LogP contribution in [0, 0.1) is 0 Å². The number of fused-ring (bicyclic) bond motifs is 1. The summed E-state index contributed by atoms with van der Waals surface area (Å²) in [6.45, 7) is 0. The fourth-order valence-electron chi connectivity index (χ4n) is 3.75. The summed E-state index contributed by atoms with van der Waals surface area (Å²) < 4.78 is 2.08. The molecule has 0 amide bonds. The number of benzene rings is 4. The van der Waals surface area contributed by atoms with Crippen LogP contribution in [0.5, 0.6) is 0 Å². The zero-order valence-corrected chi connectivity index (χ0v) is 20.0. The number of hydrogen-bond acceptors (Lipinski definition) is 2. The minimum Gasteiger partial charge on any atom is -0.292 e. The third kappa shape index (κ3) is 4.51. The van der Waals surface area contributed by atoms with E-state index in [1.807, 2.05) is 72.8 Å². The molecule has 0 spiro atoms. The third-order valence-corrected chi connectivity index (χ3v) is 6.42. The molecule has 0 unspecified atom stereocenters. The lowest BCUT2D eigenvalue weighted by Crippen LogP contribution is -1.98. The highest BCUT2D eigenvalue weighted by molar-refractivity contribution is 6.42. The molecule has 3 nitrogen and oxygen atoms in total. The van der Waals surface area contributed by atoms with E-state index in [1.165, 1.54) is 6.08 Å². The summed E-state index contributed by atoms with van der Waals surface area (Å²) >= 11 is 18.1. The number of rotatable bonds is 5. The maximum Gasteiger partial charge on any atom is 0.185 e. The number of ketones is 1. The highest BCUT2D eigenvalue weighted by atomic mass is 35.5. The molecule has 0 aliphatic rings. The summed E-state index contributed by atoms with van der Waals surface area (Å²) in [7, 11) is 0. The Labute approximate surface area is 211 Å². The van der Waals surface area contributed by atoms with E-state index in [0.717, 1.165) is 33.7 Å². The number of carbonyl (C=O) groups excluding carboxylic acids is 1. The molecule has 0 fully saturated rings. The quantitative estimate of drug-likeness (QED) is 0.178. The van der Waals surface area contributed by atoms with Gasteiger partial charge in [-0.25, -0.2) is 4.98 Å². The Morgan fingerprint density at radius 3 is 2.29 bits per heavy atom. The normalized spacial score (nSPS) is 11.4. The molecule has 1 heterocycles. The fraction of sp³-hybridized carbons (Fsp3) is 0. The number of imidazole rings is 1. The van der Waals surface area contributed by atoms with Crippen molar-refractivity contribution in [1.82, 2.24) is 9.55 Å². The zero-order chi connectivity index (χ0) is 23.7. The molecule has 34 heavy (non-hydrogen) atoms. The van der Waals surface area contributed by atoms with E-state index in [2.05, 4.69) is 4.57 Å². The van der Waals surface area contributed by atoms with Crippen LogP contribution in [0.25, 0.3) is 34.2 Å². The van der Waals surface area contributed by atoms with E-state index in [4.69, 9.17) is 39.8 Å².